The summed E-state index contributed by atoms with van der Waals surface area (Å²) in [4.78, 5) is 38.1. The highest BCUT2D eigenvalue weighted by molar-refractivity contribution is 6.00. The first-order valence-electron chi connectivity index (χ1n) is 13.5. The lowest BCUT2D eigenvalue weighted by molar-refractivity contribution is -0.134. The minimum absolute atomic E-state index is 0.132. The van der Waals surface area contributed by atoms with Crippen LogP contribution in [0, 0.1) is 11.8 Å². The number of carbonyl (C=O) groups is 3. The van der Waals surface area contributed by atoms with Gasteiger partial charge in [0, 0.05) is 38.0 Å². The number of nitrogens with two attached hydrogens (primary N) is 1. The first-order chi connectivity index (χ1) is 17.3. The lowest BCUT2D eigenvalue weighted by atomic mass is 9.91. The van der Waals surface area contributed by atoms with E-state index >= 15 is 0 Å². The Morgan fingerprint density at radius 2 is 1.89 bits per heavy atom. The van der Waals surface area contributed by atoms with Crippen molar-refractivity contribution in [3.05, 3.63) is 11.6 Å². The molecule has 0 bridgehead atoms. The molecule has 2 rings (SSSR count). The molecule has 1 saturated heterocycles. The highest BCUT2D eigenvalue weighted by atomic mass is 16.6. The van der Waals surface area contributed by atoms with Gasteiger partial charge in [-0.05, 0) is 84.3 Å². The minimum atomic E-state index is -1.07. The van der Waals surface area contributed by atoms with Gasteiger partial charge in [-0.15, -0.1) is 0 Å². The van der Waals surface area contributed by atoms with Crippen LogP contribution in [-0.4, -0.2) is 70.3 Å². The van der Waals surface area contributed by atoms with Crippen molar-refractivity contribution in [1.29, 1.82) is 0 Å². The SMILES string of the molecule is CC[C@@](C)(O)/C(=C/C#CCCCN(C(=O)OC(C)(C)C)C1CCC(N)CC1)CNC1CCC(=O)NC1=O. The van der Waals surface area contributed by atoms with Crippen LogP contribution in [0.4, 0.5) is 4.79 Å². The van der Waals surface area contributed by atoms with Gasteiger partial charge in [-0.2, -0.15) is 0 Å². The Morgan fingerprint density at radius 1 is 1.22 bits per heavy atom. The molecule has 9 nitrogen and oxygen atoms in total. The van der Waals surface area contributed by atoms with E-state index < -0.39 is 17.2 Å². The number of imide groups is 1. The number of aliphatic hydroxyl groups is 1. The number of nitrogens with zero attached hydrogens (tertiary/aromatic N) is 1. The molecule has 0 radical (unpaired) electrons. The number of hydrogen-bond acceptors (Lipinski definition) is 7. The number of carbonyl (C=O) groups excluding carboxylic acids is 3. The number of amides is 3. The van der Waals surface area contributed by atoms with Crippen LogP contribution in [0.15, 0.2) is 11.6 Å². The van der Waals surface area contributed by atoms with Gasteiger partial charge in [-0.3, -0.25) is 14.9 Å². The van der Waals surface area contributed by atoms with Gasteiger partial charge in [0.05, 0.1) is 11.6 Å². The lowest BCUT2D eigenvalue weighted by Crippen LogP contribution is -2.51. The molecule has 1 heterocycles. The summed E-state index contributed by atoms with van der Waals surface area (Å²) < 4.78 is 5.66. The second kappa shape index (κ2) is 13.9. The molecular weight excluding hydrogens is 472 g/mol. The Bertz CT molecular complexity index is 888. The molecule has 208 valence electrons. The summed E-state index contributed by atoms with van der Waals surface area (Å²) in [7, 11) is 0. The Labute approximate surface area is 221 Å². The van der Waals surface area contributed by atoms with Crippen molar-refractivity contribution in [1.82, 2.24) is 15.5 Å². The molecule has 1 aliphatic heterocycles. The third-order valence-corrected chi connectivity index (χ3v) is 7.02. The van der Waals surface area contributed by atoms with E-state index in [-0.39, 0.29) is 36.5 Å². The Kier molecular flexibility index (Phi) is 11.6. The van der Waals surface area contributed by atoms with Crippen molar-refractivity contribution in [3.8, 4) is 11.8 Å². The number of piperidine rings is 1. The molecule has 1 aliphatic carbocycles. The fourth-order valence-corrected chi connectivity index (χ4v) is 4.45. The van der Waals surface area contributed by atoms with E-state index in [9.17, 15) is 19.5 Å². The molecule has 9 heteroatoms. The highest BCUT2D eigenvalue weighted by Gasteiger charge is 2.31. The topological polar surface area (TPSA) is 134 Å². The molecule has 0 aromatic carbocycles. The average molecular weight is 519 g/mol. The van der Waals surface area contributed by atoms with E-state index in [2.05, 4.69) is 22.5 Å². The predicted molar refractivity (Wildman–Crippen MR) is 143 cm³/mol. The number of hydrogen-bond donors (Lipinski definition) is 4. The maximum atomic E-state index is 12.9. The zero-order chi connectivity index (χ0) is 27.6. The number of unbranched alkanes of at least 4 members (excludes halogenated alkanes) is 1. The van der Waals surface area contributed by atoms with Crippen LogP contribution in [-0.2, 0) is 14.3 Å². The molecule has 5 N–H and O–H groups in total. The van der Waals surface area contributed by atoms with Crippen LogP contribution in [0.1, 0.15) is 92.4 Å². The zero-order valence-corrected chi connectivity index (χ0v) is 23.2. The third kappa shape index (κ3) is 10.5. The second-order valence-electron chi connectivity index (χ2n) is 11.3. The van der Waals surface area contributed by atoms with E-state index in [1.165, 1.54) is 0 Å². The minimum Gasteiger partial charge on any atom is -0.444 e. The van der Waals surface area contributed by atoms with E-state index in [1.54, 1.807) is 13.0 Å². The molecule has 2 aliphatic rings. The average Bonchev–Trinajstić information content (AvgIpc) is 2.81. The second-order valence-corrected chi connectivity index (χ2v) is 11.3. The summed E-state index contributed by atoms with van der Waals surface area (Å²) in [6, 6.07) is -0.143. The first kappa shape index (κ1) is 30.8. The van der Waals surface area contributed by atoms with Crippen molar-refractivity contribution in [3.63, 3.8) is 0 Å². The summed E-state index contributed by atoms with van der Waals surface area (Å²) in [5, 5.41) is 16.3. The van der Waals surface area contributed by atoms with Gasteiger partial charge in [0.15, 0.2) is 0 Å². The van der Waals surface area contributed by atoms with Gasteiger partial charge >= 0.3 is 6.09 Å². The Hall–Kier alpha value is -2.41. The maximum absolute atomic E-state index is 12.9. The van der Waals surface area contributed by atoms with E-state index in [0.717, 1.165) is 25.7 Å². The molecule has 0 aromatic rings. The van der Waals surface area contributed by atoms with Crippen molar-refractivity contribution in [2.75, 3.05) is 13.1 Å². The molecule has 3 amide bonds. The quantitative estimate of drug-likeness (QED) is 0.209. The summed E-state index contributed by atoms with van der Waals surface area (Å²) >= 11 is 0. The van der Waals surface area contributed by atoms with Gasteiger partial charge in [-0.1, -0.05) is 18.8 Å². The largest absolute Gasteiger partial charge is 0.444 e. The predicted octanol–water partition coefficient (Wildman–Crippen LogP) is 2.76. The normalized spacial score (nSPS) is 24.4. The monoisotopic (exact) mass is 518 g/mol. The van der Waals surface area contributed by atoms with Crippen molar-refractivity contribution < 1.29 is 24.2 Å². The van der Waals surface area contributed by atoms with Crippen LogP contribution in [0.5, 0.6) is 0 Å². The fraction of sp³-hybridized carbons (Fsp3) is 0.750. The summed E-state index contributed by atoms with van der Waals surface area (Å²) in [5.41, 5.74) is 5.11. The number of ether oxygens (including phenoxy) is 1. The molecule has 1 unspecified atom stereocenters. The Morgan fingerprint density at radius 3 is 2.49 bits per heavy atom. The molecule has 2 atom stereocenters. The van der Waals surface area contributed by atoms with Crippen LogP contribution >= 0.6 is 0 Å². The summed E-state index contributed by atoms with van der Waals surface area (Å²) in [6.07, 6.45) is 7.49. The standard InChI is InChI=1S/C28H46N4O5/c1-6-28(5,36)20(19-30-23-16-17-24(33)31-25(23)34)11-9-7-8-10-18-32(26(35)37-27(2,3)4)22-14-12-21(29)13-15-22/h11,21-23,30,36H,6,8,10,12-19,29H2,1-5H3,(H,31,33,34)/b20-11+/t21?,22?,23?,28-/m1/s1. The molecular formula is C28H46N4O5. The first-order valence-corrected chi connectivity index (χ1v) is 13.5. The van der Waals surface area contributed by atoms with E-state index in [4.69, 9.17) is 10.5 Å². The van der Waals surface area contributed by atoms with Crippen LogP contribution in [0.25, 0.3) is 0 Å². The Balaban J connectivity index is 1.97. The van der Waals surface area contributed by atoms with Crippen molar-refractivity contribution in [2.45, 2.75) is 122 Å². The van der Waals surface area contributed by atoms with Crippen LogP contribution in [0.3, 0.4) is 0 Å². The molecule has 2 fully saturated rings. The van der Waals surface area contributed by atoms with Crippen LogP contribution in [0.2, 0.25) is 0 Å². The number of nitrogens with one attached hydrogen (secondary N) is 2. The highest BCUT2D eigenvalue weighted by Crippen LogP contribution is 2.24. The number of rotatable bonds is 9. The lowest BCUT2D eigenvalue weighted by Gasteiger charge is -2.37. The van der Waals surface area contributed by atoms with Gasteiger partial charge in [0.2, 0.25) is 11.8 Å². The fourth-order valence-electron chi connectivity index (χ4n) is 4.45. The van der Waals surface area contributed by atoms with E-state index in [1.807, 2.05) is 32.6 Å². The van der Waals surface area contributed by atoms with Crippen LogP contribution < -0.4 is 16.4 Å². The van der Waals surface area contributed by atoms with Gasteiger partial charge in [-0.25, -0.2) is 4.79 Å². The van der Waals surface area contributed by atoms with Gasteiger partial charge < -0.3 is 25.8 Å². The molecule has 0 aromatic heterocycles. The molecule has 37 heavy (non-hydrogen) atoms. The smallest absolute Gasteiger partial charge is 0.410 e. The third-order valence-electron chi connectivity index (χ3n) is 7.02. The van der Waals surface area contributed by atoms with Crippen molar-refractivity contribution >= 4 is 17.9 Å². The van der Waals surface area contributed by atoms with Crippen molar-refractivity contribution in [2.24, 2.45) is 5.73 Å². The van der Waals surface area contributed by atoms with Gasteiger partial charge in [0.1, 0.15) is 5.60 Å². The summed E-state index contributed by atoms with van der Waals surface area (Å²) in [6.45, 7) is 10.1. The molecule has 1 saturated carbocycles. The zero-order valence-electron chi connectivity index (χ0n) is 23.2. The maximum Gasteiger partial charge on any atom is 0.410 e. The molecule has 0 spiro atoms. The number of allylic oxidation sites excluding steroid dienone is 1. The van der Waals surface area contributed by atoms with Gasteiger partial charge in [0.25, 0.3) is 0 Å². The summed E-state index contributed by atoms with van der Waals surface area (Å²) in [5.74, 6) is 5.57. The van der Waals surface area contributed by atoms with E-state index in [0.29, 0.717) is 44.2 Å².